The fourth-order valence-corrected chi connectivity index (χ4v) is 2.36. The third-order valence-electron chi connectivity index (χ3n) is 1.82. The van der Waals surface area contributed by atoms with Gasteiger partial charge >= 0.3 is 0 Å². The summed E-state index contributed by atoms with van der Waals surface area (Å²) in [4.78, 5) is 15.3. The topological polar surface area (TPSA) is 30.0 Å². The molecule has 2 rings (SSSR count). The standard InChI is InChI=1S/C10H5Cl2NOS/c11-6-1-2-8(12)7(3-6)9-4-13-10(5-14)15-9/h1-5H. The van der Waals surface area contributed by atoms with E-state index < -0.39 is 0 Å². The van der Waals surface area contributed by atoms with Gasteiger partial charge in [0, 0.05) is 21.8 Å². The molecule has 0 atom stereocenters. The van der Waals surface area contributed by atoms with E-state index in [1.54, 1.807) is 24.4 Å². The summed E-state index contributed by atoms with van der Waals surface area (Å²) in [5, 5.41) is 1.64. The number of carbonyl (C=O) groups is 1. The monoisotopic (exact) mass is 257 g/mol. The first-order chi connectivity index (χ1) is 7.20. The summed E-state index contributed by atoms with van der Waals surface area (Å²) in [6.45, 7) is 0. The summed E-state index contributed by atoms with van der Waals surface area (Å²) in [7, 11) is 0. The van der Waals surface area contributed by atoms with Crippen molar-refractivity contribution >= 4 is 40.8 Å². The van der Waals surface area contributed by atoms with Crippen molar-refractivity contribution in [3.8, 4) is 10.4 Å². The highest BCUT2D eigenvalue weighted by Crippen LogP contribution is 2.33. The minimum Gasteiger partial charge on any atom is -0.295 e. The smallest absolute Gasteiger partial charge is 0.178 e. The molecule has 0 N–H and O–H groups in total. The second-order valence-corrected chi connectivity index (χ2v) is 4.71. The van der Waals surface area contributed by atoms with Gasteiger partial charge in [-0.3, -0.25) is 4.79 Å². The average molecular weight is 258 g/mol. The maximum atomic E-state index is 10.5. The molecule has 0 fully saturated rings. The number of aromatic nitrogens is 1. The lowest BCUT2D eigenvalue weighted by Gasteiger charge is -2.00. The molecular formula is C10H5Cl2NOS. The van der Waals surface area contributed by atoms with E-state index >= 15 is 0 Å². The van der Waals surface area contributed by atoms with Gasteiger partial charge in [-0.05, 0) is 18.2 Å². The second-order valence-electron chi connectivity index (χ2n) is 2.80. The number of halogens is 2. The summed E-state index contributed by atoms with van der Waals surface area (Å²) in [5.74, 6) is 0. The Morgan fingerprint density at radius 1 is 1.33 bits per heavy atom. The quantitative estimate of drug-likeness (QED) is 0.764. The van der Waals surface area contributed by atoms with Crippen molar-refractivity contribution in [2.45, 2.75) is 0 Å². The van der Waals surface area contributed by atoms with E-state index in [9.17, 15) is 4.79 Å². The van der Waals surface area contributed by atoms with Crippen LogP contribution in [0.3, 0.4) is 0 Å². The number of nitrogens with zero attached hydrogens (tertiary/aromatic N) is 1. The van der Waals surface area contributed by atoms with Gasteiger partial charge in [-0.2, -0.15) is 0 Å². The van der Waals surface area contributed by atoms with Gasteiger partial charge in [-0.25, -0.2) is 4.98 Å². The molecule has 0 aliphatic heterocycles. The maximum absolute atomic E-state index is 10.5. The van der Waals surface area contributed by atoms with Gasteiger partial charge < -0.3 is 0 Å². The fraction of sp³-hybridized carbons (Fsp3) is 0. The predicted molar refractivity (Wildman–Crippen MR) is 63.0 cm³/mol. The molecule has 2 nitrogen and oxygen atoms in total. The summed E-state index contributed by atoms with van der Waals surface area (Å²) in [6, 6.07) is 5.20. The summed E-state index contributed by atoms with van der Waals surface area (Å²) in [5.41, 5.74) is 0.801. The van der Waals surface area contributed by atoms with Gasteiger partial charge in [0.2, 0.25) is 0 Å². The molecule has 15 heavy (non-hydrogen) atoms. The van der Waals surface area contributed by atoms with Crippen molar-refractivity contribution in [3.05, 3.63) is 39.4 Å². The zero-order chi connectivity index (χ0) is 10.8. The minimum absolute atomic E-state index is 0.432. The molecule has 1 aromatic carbocycles. The molecule has 0 spiro atoms. The Morgan fingerprint density at radius 3 is 2.80 bits per heavy atom. The Labute approximate surface area is 100 Å². The van der Waals surface area contributed by atoms with Crippen LogP contribution in [0.5, 0.6) is 0 Å². The van der Waals surface area contributed by atoms with E-state index in [0.29, 0.717) is 21.3 Å². The molecule has 0 bridgehead atoms. The van der Waals surface area contributed by atoms with Crippen molar-refractivity contribution in [2.24, 2.45) is 0 Å². The number of benzene rings is 1. The van der Waals surface area contributed by atoms with E-state index in [4.69, 9.17) is 23.2 Å². The molecule has 76 valence electrons. The van der Waals surface area contributed by atoms with Gasteiger partial charge in [0.05, 0.1) is 4.88 Å². The number of thiazole rings is 1. The highest BCUT2D eigenvalue weighted by atomic mass is 35.5. The van der Waals surface area contributed by atoms with E-state index in [1.165, 1.54) is 11.3 Å². The Bertz CT molecular complexity index is 510. The molecule has 0 saturated carbocycles. The lowest BCUT2D eigenvalue weighted by atomic mass is 10.2. The first-order valence-corrected chi connectivity index (χ1v) is 5.64. The van der Waals surface area contributed by atoms with Crippen LogP contribution in [0.2, 0.25) is 10.0 Å². The van der Waals surface area contributed by atoms with Crippen LogP contribution < -0.4 is 0 Å². The summed E-state index contributed by atoms with van der Waals surface area (Å²) >= 11 is 13.2. The molecule has 0 saturated heterocycles. The molecule has 5 heteroatoms. The molecular weight excluding hydrogens is 253 g/mol. The van der Waals surface area contributed by atoms with Crippen LogP contribution >= 0.6 is 34.5 Å². The number of rotatable bonds is 2. The predicted octanol–water partition coefficient (Wildman–Crippen LogP) is 3.93. The third-order valence-corrected chi connectivity index (χ3v) is 3.34. The van der Waals surface area contributed by atoms with Crippen molar-refractivity contribution in [1.29, 1.82) is 0 Å². The molecule has 1 aromatic heterocycles. The lowest BCUT2D eigenvalue weighted by molar-refractivity contribution is 0.112. The van der Waals surface area contributed by atoms with E-state index in [0.717, 1.165) is 10.4 Å². The van der Waals surface area contributed by atoms with E-state index in [1.807, 2.05) is 0 Å². The third kappa shape index (κ3) is 2.20. The number of carbonyl (C=O) groups excluding carboxylic acids is 1. The van der Waals surface area contributed by atoms with Crippen molar-refractivity contribution in [1.82, 2.24) is 4.98 Å². The first kappa shape index (κ1) is 10.6. The van der Waals surface area contributed by atoms with Crippen LogP contribution in [-0.4, -0.2) is 11.3 Å². The Kier molecular flexibility index (Phi) is 3.05. The molecule has 0 aliphatic rings. The molecule has 0 aliphatic carbocycles. The molecule has 1 heterocycles. The Morgan fingerprint density at radius 2 is 2.13 bits per heavy atom. The zero-order valence-electron chi connectivity index (χ0n) is 7.41. The minimum atomic E-state index is 0.432. The maximum Gasteiger partial charge on any atom is 0.178 e. The molecule has 2 aromatic rings. The number of hydrogen-bond donors (Lipinski definition) is 0. The lowest BCUT2D eigenvalue weighted by Crippen LogP contribution is -1.74. The van der Waals surface area contributed by atoms with Crippen LogP contribution in [0, 0.1) is 0 Å². The first-order valence-electron chi connectivity index (χ1n) is 4.07. The van der Waals surface area contributed by atoms with Gasteiger partial charge in [0.1, 0.15) is 0 Å². The highest BCUT2D eigenvalue weighted by molar-refractivity contribution is 7.16. The van der Waals surface area contributed by atoms with E-state index in [2.05, 4.69) is 4.98 Å². The van der Waals surface area contributed by atoms with Gasteiger partial charge in [-0.15, -0.1) is 11.3 Å². The zero-order valence-corrected chi connectivity index (χ0v) is 9.73. The second kappa shape index (κ2) is 4.31. The normalized spacial score (nSPS) is 10.3. The summed E-state index contributed by atoms with van der Waals surface area (Å²) < 4.78 is 0. The van der Waals surface area contributed by atoms with Gasteiger partial charge in [0.25, 0.3) is 0 Å². The molecule has 0 amide bonds. The largest absolute Gasteiger partial charge is 0.295 e. The average Bonchev–Trinajstić information content (AvgIpc) is 2.70. The van der Waals surface area contributed by atoms with Crippen LogP contribution in [-0.2, 0) is 0 Å². The van der Waals surface area contributed by atoms with Gasteiger partial charge in [-0.1, -0.05) is 23.2 Å². The van der Waals surface area contributed by atoms with Crippen molar-refractivity contribution in [3.63, 3.8) is 0 Å². The molecule has 0 unspecified atom stereocenters. The van der Waals surface area contributed by atoms with Crippen molar-refractivity contribution in [2.75, 3.05) is 0 Å². The van der Waals surface area contributed by atoms with Crippen molar-refractivity contribution < 1.29 is 4.79 Å². The Balaban J connectivity index is 2.52. The van der Waals surface area contributed by atoms with Crippen LogP contribution in [0.1, 0.15) is 9.80 Å². The number of aldehydes is 1. The van der Waals surface area contributed by atoms with E-state index in [-0.39, 0.29) is 0 Å². The number of hydrogen-bond acceptors (Lipinski definition) is 3. The highest BCUT2D eigenvalue weighted by Gasteiger charge is 2.08. The fourth-order valence-electron chi connectivity index (χ4n) is 1.15. The molecule has 0 radical (unpaired) electrons. The van der Waals surface area contributed by atoms with Gasteiger partial charge in [0.15, 0.2) is 11.3 Å². The summed E-state index contributed by atoms with van der Waals surface area (Å²) in [6.07, 6.45) is 2.33. The Hall–Kier alpha value is -0.900. The SMILES string of the molecule is O=Cc1ncc(-c2cc(Cl)ccc2Cl)s1. The van der Waals surface area contributed by atoms with Crippen LogP contribution in [0.15, 0.2) is 24.4 Å². The van der Waals surface area contributed by atoms with Crippen LogP contribution in [0.25, 0.3) is 10.4 Å². The van der Waals surface area contributed by atoms with Crippen LogP contribution in [0.4, 0.5) is 0 Å².